The zero-order valence-electron chi connectivity index (χ0n) is 8.55. The number of hydrogen-bond donors (Lipinski definition) is 1. The molecule has 1 aromatic heterocycles. The first kappa shape index (κ1) is 11.4. The Morgan fingerprint density at radius 1 is 1.38 bits per heavy atom. The molecule has 0 unspecified atom stereocenters. The Hall–Kier alpha value is -1.11. The molecule has 0 amide bonds. The molecule has 1 aliphatic carbocycles. The maximum absolute atomic E-state index is 12.2. The zero-order chi connectivity index (χ0) is 11.8. The lowest BCUT2D eigenvalue weighted by Gasteiger charge is -2.39. The van der Waals surface area contributed by atoms with E-state index in [0.717, 1.165) is 19.3 Å². The molecule has 7 heteroatoms. The van der Waals surface area contributed by atoms with Crippen LogP contribution in [0.25, 0.3) is 0 Å². The van der Waals surface area contributed by atoms with E-state index in [1.807, 2.05) is 0 Å². The van der Waals surface area contributed by atoms with Crippen LogP contribution in [0.15, 0.2) is 4.52 Å². The van der Waals surface area contributed by atoms with E-state index in [9.17, 15) is 13.2 Å². The fourth-order valence-electron chi connectivity index (χ4n) is 1.89. The van der Waals surface area contributed by atoms with Gasteiger partial charge in [0, 0.05) is 6.42 Å². The molecule has 0 bridgehead atoms. The van der Waals surface area contributed by atoms with Gasteiger partial charge in [-0.25, -0.2) is 0 Å². The second-order valence-corrected chi connectivity index (χ2v) is 4.24. The van der Waals surface area contributed by atoms with E-state index >= 15 is 0 Å². The summed E-state index contributed by atoms with van der Waals surface area (Å²) < 4.78 is 41.2. The van der Waals surface area contributed by atoms with Gasteiger partial charge in [0.25, 0.3) is 5.82 Å². The molecule has 0 spiro atoms. The number of alkyl halides is 3. The highest BCUT2D eigenvalue weighted by molar-refractivity contribution is 4.99. The van der Waals surface area contributed by atoms with E-state index in [4.69, 9.17) is 5.73 Å². The van der Waals surface area contributed by atoms with E-state index in [1.54, 1.807) is 0 Å². The molecular formula is C9H12F3N3O. The third-order valence-electron chi connectivity index (χ3n) is 3.10. The lowest BCUT2D eigenvalue weighted by molar-refractivity contribution is -0.146. The number of rotatable bonds is 3. The van der Waals surface area contributed by atoms with Crippen LogP contribution in [0.3, 0.4) is 0 Å². The molecule has 4 nitrogen and oxygen atoms in total. The minimum atomic E-state index is -4.54. The van der Waals surface area contributed by atoms with Gasteiger partial charge in [-0.05, 0) is 24.8 Å². The van der Waals surface area contributed by atoms with Crippen molar-refractivity contribution >= 4 is 0 Å². The standard InChI is InChI=1S/C9H12F3N3O/c10-9(11,12)7-14-6(16-15-7)4-8(5-13)2-1-3-8/h1-5,13H2. The fraction of sp³-hybridized carbons (Fsp3) is 0.778. The Kier molecular flexibility index (Phi) is 2.65. The van der Waals surface area contributed by atoms with Crippen LogP contribution in [-0.2, 0) is 12.6 Å². The molecule has 2 N–H and O–H groups in total. The lowest BCUT2D eigenvalue weighted by atomic mass is 9.67. The van der Waals surface area contributed by atoms with Gasteiger partial charge in [0.2, 0.25) is 5.89 Å². The minimum Gasteiger partial charge on any atom is -0.339 e. The van der Waals surface area contributed by atoms with Crippen LogP contribution in [0.4, 0.5) is 13.2 Å². The van der Waals surface area contributed by atoms with Crippen molar-refractivity contribution in [2.75, 3.05) is 6.54 Å². The number of hydrogen-bond acceptors (Lipinski definition) is 4. The Morgan fingerprint density at radius 3 is 2.44 bits per heavy atom. The van der Waals surface area contributed by atoms with Crippen molar-refractivity contribution in [2.24, 2.45) is 11.1 Å². The Labute approximate surface area is 90.0 Å². The first-order valence-electron chi connectivity index (χ1n) is 5.05. The van der Waals surface area contributed by atoms with Gasteiger partial charge < -0.3 is 10.3 Å². The molecule has 0 radical (unpaired) electrons. The SMILES string of the molecule is NCC1(Cc2nc(C(F)(F)F)no2)CCC1. The van der Waals surface area contributed by atoms with Crippen molar-refractivity contribution in [3.8, 4) is 0 Å². The van der Waals surface area contributed by atoms with Gasteiger partial charge in [-0.15, -0.1) is 0 Å². The number of nitrogens with two attached hydrogens (primary N) is 1. The van der Waals surface area contributed by atoms with Crippen LogP contribution < -0.4 is 5.73 Å². The summed E-state index contributed by atoms with van der Waals surface area (Å²) in [6.07, 6.45) is -1.33. The number of aromatic nitrogens is 2. The molecule has 0 aliphatic heterocycles. The highest BCUT2D eigenvalue weighted by Gasteiger charge is 2.40. The van der Waals surface area contributed by atoms with Crippen molar-refractivity contribution < 1.29 is 17.7 Å². The third kappa shape index (κ3) is 2.04. The van der Waals surface area contributed by atoms with Crippen LogP contribution in [0, 0.1) is 5.41 Å². The van der Waals surface area contributed by atoms with Crippen LogP contribution in [0.1, 0.15) is 31.0 Å². The van der Waals surface area contributed by atoms with Gasteiger partial charge in [-0.2, -0.15) is 18.2 Å². The molecule has 0 atom stereocenters. The summed E-state index contributed by atoms with van der Waals surface area (Å²) in [5.41, 5.74) is 5.47. The van der Waals surface area contributed by atoms with Crippen molar-refractivity contribution in [3.63, 3.8) is 0 Å². The molecule has 1 aliphatic rings. The van der Waals surface area contributed by atoms with Crippen LogP contribution in [0.2, 0.25) is 0 Å². The first-order valence-corrected chi connectivity index (χ1v) is 5.05. The Balaban J connectivity index is 2.08. The van der Waals surface area contributed by atoms with E-state index in [-0.39, 0.29) is 11.3 Å². The third-order valence-corrected chi connectivity index (χ3v) is 3.10. The second-order valence-electron chi connectivity index (χ2n) is 4.24. The van der Waals surface area contributed by atoms with Crippen LogP contribution >= 0.6 is 0 Å². The zero-order valence-corrected chi connectivity index (χ0v) is 8.55. The first-order chi connectivity index (χ1) is 7.45. The summed E-state index contributed by atoms with van der Waals surface area (Å²) in [7, 11) is 0. The topological polar surface area (TPSA) is 64.9 Å². The Bertz CT molecular complexity index is 365. The van der Waals surface area contributed by atoms with Crippen molar-refractivity contribution in [1.82, 2.24) is 10.1 Å². The molecule has 1 heterocycles. The summed E-state index contributed by atoms with van der Waals surface area (Å²) in [5, 5.41) is 2.91. The van der Waals surface area contributed by atoms with Crippen LogP contribution in [-0.4, -0.2) is 16.7 Å². The monoisotopic (exact) mass is 235 g/mol. The normalized spacial score (nSPS) is 19.5. The maximum Gasteiger partial charge on any atom is 0.455 e. The number of nitrogens with zero attached hydrogens (tertiary/aromatic N) is 2. The molecule has 1 fully saturated rings. The average Bonchev–Trinajstić information content (AvgIpc) is 2.58. The predicted octanol–water partition coefficient (Wildman–Crippen LogP) is 1.76. The molecule has 2 rings (SSSR count). The van der Waals surface area contributed by atoms with Gasteiger partial charge in [0.15, 0.2) is 0 Å². The quantitative estimate of drug-likeness (QED) is 0.866. The van der Waals surface area contributed by atoms with Gasteiger partial charge >= 0.3 is 6.18 Å². The van der Waals surface area contributed by atoms with E-state index in [0.29, 0.717) is 13.0 Å². The largest absolute Gasteiger partial charge is 0.455 e. The second kappa shape index (κ2) is 3.73. The van der Waals surface area contributed by atoms with Gasteiger partial charge in [0.1, 0.15) is 0 Å². The molecule has 1 saturated carbocycles. The van der Waals surface area contributed by atoms with Gasteiger partial charge in [-0.3, -0.25) is 0 Å². The highest BCUT2D eigenvalue weighted by Crippen LogP contribution is 2.42. The lowest BCUT2D eigenvalue weighted by Crippen LogP contribution is -2.39. The fourth-order valence-corrected chi connectivity index (χ4v) is 1.89. The van der Waals surface area contributed by atoms with E-state index in [2.05, 4.69) is 14.7 Å². The summed E-state index contributed by atoms with van der Waals surface area (Å²) >= 11 is 0. The van der Waals surface area contributed by atoms with Crippen LogP contribution in [0.5, 0.6) is 0 Å². The summed E-state index contributed by atoms with van der Waals surface area (Å²) in [5.74, 6) is -1.19. The van der Waals surface area contributed by atoms with Crippen molar-refractivity contribution in [3.05, 3.63) is 11.7 Å². The van der Waals surface area contributed by atoms with Crippen molar-refractivity contribution in [1.29, 1.82) is 0 Å². The Morgan fingerprint density at radius 2 is 2.06 bits per heavy atom. The molecule has 16 heavy (non-hydrogen) atoms. The molecule has 1 aromatic rings. The highest BCUT2D eigenvalue weighted by atomic mass is 19.4. The van der Waals surface area contributed by atoms with Gasteiger partial charge in [0.05, 0.1) is 0 Å². The van der Waals surface area contributed by atoms with E-state index < -0.39 is 12.0 Å². The molecule has 0 saturated heterocycles. The number of halogens is 3. The molecule has 90 valence electrons. The summed E-state index contributed by atoms with van der Waals surface area (Å²) in [4.78, 5) is 3.34. The summed E-state index contributed by atoms with van der Waals surface area (Å²) in [6.45, 7) is 0.441. The molecular weight excluding hydrogens is 223 g/mol. The van der Waals surface area contributed by atoms with E-state index in [1.165, 1.54) is 0 Å². The maximum atomic E-state index is 12.2. The minimum absolute atomic E-state index is 0.0254. The van der Waals surface area contributed by atoms with Crippen molar-refractivity contribution in [2.45, 2.75) is 31.9 Å². The smallest absolute Gasteiger partial charge is 0.339 e. The molecule has 0 aromatic carbocycles. The predicted molar refractivity (Wildman–Crippen MR) is 48.3 cm³/mol. The summed E-state index contributed by atoms with van der Waals surface area (Å²) in [6, 6.07) is 0. The average molecular weight is 235 g/mol. The van der Waals surface area contributed by atoms with Gasteiger partial charge in [-0.1, -0.05) is 11.6 Å².